The number of carbonyl (C=O) groups excluding carboxylic acids is 3. The Morgan fingerprint density at radius 1 is 1.09 bits per heavy atom. The molecule has 0 bridgehead atoms. The minimum atomic E-state index is -4.54. The fraction of sp³-hybridized carbons (Fsp3) is 0.375. The largest absolute Gasteiger partial charge is 0.416 e. The molecule has 2 N–H and O–H groups in total. The lowest BCUT2D eigenvalue weighted by molar-refractivity contribution is -0.138. The van der Waals surface area contributed by atoms with Crippen LogP contribution in [0.1, 0.15) is 24.0 Å². The van der Waals surface area contributed by atoms with E-state index < -0.39 is 35.8 Å². The Kier molecular flexibility index (Phi) is 6.87. The molecule has 10 heteroatoms. The Balaban J connectivity index is 1.49. The summed E-state index contributed by atoms with van der Waals surface area (Å²) in [7, 11) is 0. The van der Waals surface area contributed by atoms with Crippen molar-refractivity contribution in [3.8, 4) is 0 Å². The molecule has 7 nitrogen and oxygen atoms in total. The number of fused-ring (bicyclic) bond motifs is 1. The fourth-order valence-corrected chi connectivity index (χ4v) is 4.42. The minimum absolute atomic E-state index is 0.0142. The van der Waals surface area contributed by atoms with Gasteiger partial charge in [-0.1, -0.05) is 36.4 Å². The summed E-state index contributed by atoms with van der Waals surface area (Å²) in [4.78, 5) is 41.5. The quantitative estimate of drug-likeness (QED) is 0.674. The van der Waals surface area contributed by atoms with E-state index in [2.05, 4.69) is 10.6 Å². The lowest BCUT2D eigenvalue weighted by Crippen LogP contribution is -2.70. The van der Waals surface area contributed by atoms with E-state index >= 15 is 0 Å². The summed E-state index contributed by atoms with van der Waals surface area (Å²) in [6.45, 7) is 0.420. The van der Waals surface area contributed by atoms with E-state index in [0.29, 0.717) is 19.4 Å². The standard InChI is InChI=1S/C24H25F3N4O3/c25-24(26,27)17-8-4-9-18(14-17)29-20(32)15-31-19-10-5-12-28-21(19)22(33)30(23(31)34)13-11-16-6-2-1-3-7-16/h1-4,6-9,14,19,21,28H,5,10-13,15H2,(H,29,32). The molecule has 0 saturated carbocycles. The van der Waals surface area contributed by atoms with Gasteiger partial charge in [0, 0.05) is 12.2 Å². The highest BCUT2D eigenvalue weighted by Crippen LogP contribution is 2.31. The number of alkyl halides is 3. The normalized spacial score (nSPS) is 20.8. The predicted octanol–water partition coefficient (Wildman–Crippen LogP) is 3.27. The molecule has 2 aliphatic heterocycles. The zero-order valence-corrected chi connectivity index (χ0v) is 18.3. The van der Waals surface area contributed by atoms with Crippen LogP contribution in [0, 0.1) is 0 Å². The number of rotatable bonds is 6. The van der Waals surface area contributed by atoms with E-state index in [0.717, 1.165) is 29.0 Å². The molecule has 0 radical (unpaired) electrons. The molecule has 2 heterocycles. The average molecular weight is 474 g/mol. The van der Waals surface area contributed by atoms with E-state index in [1.165, 1.54) is 17.0 Å². The number of imide groups is 1. The van der Waals surface area contributed by atoms with Gasteiger partial charge >= 0.3 is 12.2 Å². The maximum Gasteiger partial charge on any atom is 0.416 e. The number of hydrogen-bond acceptors (Lipinski definition) is 4. The lowest BCUT2D eigenvalue weighted by atomic mass is 9.93. The Bertz CT molecular complexity index is 1060. The van der Waals surface area contributed by atoms with Gasteiger partial charge in [-0.25, -0.2) is 4.79 Å². The van der Waals surface area contributed by atoms with Crippen LogP contribution < -0.4 is 10.6 Å². The summed E-state index contributed by atoms with van der Waals surface area (Å²) in [5.41, 5.74) is 0.0730. The third-order valence-corrected chi connectivity index (χ3v) is 6.09. The van der Waals surface area contributed by atoms with Crippen molar-refractivity contribution in [3.05, 3.63) is 65.7 Å². The summed E-state index contributed by atoms with van der Waals surface area (Å²) in [5.74, 6) is -0.950. The van der Waals surface area contributed by atoms with Gasteiger partial charge in [0.1, 0.15) is 12.6 Å². The van der Waals surface area contributed by atoms with Crippen molar-refractivity contribution < 1.29 is 27.6 Å². The van der Waals surface area contributed by atoms with Crippen LogP contribution in [0.4, 0.5) is 23.7 Å². The first-order valence-electron chi connectivity index (χ1n) is 11.1. The first-order valence-corrected chi connectivity index (χ1v) is 11.1. The number of amides is 4. The van der Waals surface area contributed by atoms with Crippen LogP contribution in [0.2, 0.25) is 0 Å². The molecular weight excluding hydrogens is 449 g/mol. The first kappa shape index (κ1) is 23.7. The molecule has 2 atom stereocenters. The first-order chi connectivity index (χ1) is 16.2. The van der Waals surface area contributed by atoms with Crippen molar-refractivity contribution in [1.29, 1.82) is 0 Å². The van der Waals surface area contributed by atoms with Gasteiger partial charge in [0.15, 0.2) is 0 Å². The average Bonchev–Trinajstić information content (AvgIpc) is 2.82. The Hall–Kier alpha value is -3.40. The second-order valence-electron chi connectivity index (χ2n) is 8.40. The summed E-state index contributed by atoms with van der Waals surface area (Å²) < 4.78 is 38.9. The van der Waals surface area contributed by atoms with Gasteiger partial charge in [0.25, 0.3) is 0 Å². The topological polar surface area (TPSA) is 81.8 Å². The Morgan fingerprint density at radius 3 is 2.59 bits per heavy atom. The van der Waals surface area contributed by atoms with Gasteiger partial charge in [0.05, 0.1) is 11.6 Å². The van der Waals surface area contributed by atoms with Crippen molar-refractivity contribution in [3.63, 3.8) is 0 Å². The molecule has 2 saturated heterocycles. The molecule has 2 aromatic rings. The number of benzene rings is 2. The zero-order valence-electron chi connectivity index (χ0n) is 18.3. The Morgan fingerprint density at radius 2 is 1.85 bits per heavy atom. The summed E-state index contributed by atoms with van der Waals surface area (Å²) in [6.07, 6.45) is -2.78. The number of hydrogen-bond donors (Lipinski definition) is 2. The highest BCUT2D eigenvalue weighted by molar-refractivity contribution is 6.03. The van der Waals surface area contributed by atoms with E-state index in [1.807, 2.05) is 30.3 Å². The predicted molar refractivity (Wildman–Crippen MR) is 119 cm³/mol. The maximum absolute atomic E-state index is 13.3. The molecule has 4 rings (SSSR count). The van der Waals surface area contributed by atoms with Crippen LogP contribution in [0.15, 0.2) is 54.6 Å². The molecular formula is C24H25F3N4O3. The molecule has 0 spiro atoms. The van der Waals surface area contributed by atoms with Crippen LogP contribution in [0.3, 0.4) is 0 Å². The van der Waals surface area contributed by atoms with E-state index in [4.69, 9.17) is 0 Å². The molecule has 0 aliphatic carbocycles. The van der Waals surface area contributed by atoms with Crippen LogP contribution in [0.5, 0.6) is 0 Å². The van der Waals surface area contributed by atoms with Gasteiger partial charge in [-0.05, 0) is 49.6 Å². The number of carbonyl (C=O) groups is 3. The van der Waals surface area contributed by atoms with Gasteiger partial charge in [0.2, 0.25) is 11.8 Å². The molecule has 180 valence electrons. The third kappa shape index (κ3) is 5.22. The van der Waals surface area contributed by atoms with Gasteiger partial charge in [-0.2, -0.15) is 13.2 Å². The minimum Gasteiger partial charge on any atom is -0.325 e. The summed E-state index contributed by atoms with van der Waals surface area (Å²) in [5, 5.41) is 5.60. The molecule has 2 aromatic carbocycles. The summed E-state index contributed by atoms with van der Waals surface area (Å²) in [6, 6.07) is 12.1. The van der Waals surface area contributed by atoms with Crippen LogP contribution in [-0.4, -0.2) is 59.4 Å². The van der Waals surface area contributed by atoms with E-state index in [-0.39, 0.29) is 24.7 Å². The van der Waals surface area contributed by atoms with Crippen molar-refractivity contribution in [1.82, 2.24) is 15.1 Å². The van der Waals surface area contributed by atoms with Crippen LogP contribution in [0.25, 0.3) is 0 Å². The van der Waals surface area contributed by atoms with Gasteiger partial charge in [-0.15, -0.1) is 0 Å². The number of piperidine rings is 1. The van der Waals surface area contributed by atoms with Gasteiger partial charge < -0.3 is 15.5 Å². The highest BCUT2D eigenvalue weighted by Gasteiger charge is 2.47. The van der Waals surface area contributed by atoms with Crippen molar-refractivity contribution >= 4 is 23.5 Å². The van der Waals surface area contributed by atoms with Crippen molar-refractivity contribution in [2.45, 2.75) is 37.5 Å². The second-order valence-corrected chi connectivity index (χ2v) is 8.40. The number of anilines is 1. The number of urea groups is 1. The molecule has 2 aliphatic rings. The number of halogens is 3. The van der Waals surface area contributed by atoms with Crippen LogP contribution >= 0.6 is 0 Å². The molecule has 0 aromatic heterocycles. The molecule has 2 unspecified atom stereocenters. The van der Waals surface area contributed by atoms with Crippen molar-refractivity contribution in [2.75, 3.05) is 25.0 Å². The smallest absolute Gasteiger partial charge is 0.325 e. The Labute approximate surface area is 194 Å². The SMILES string of the molecule is O=C(CN1C(=O)N(CCc2ccccc2)C(=O)C2NCCCC21)Nc1cccc(C(F)(F)F)c1. The molecule has 2 fully saturated rings. The van der Waals surface area contributed by atoms with E-state index in [9.17, 15) is 27.6 Å². The van der Waals surface area contributed by atoms with Crippen molar-refractivity contribution in [2.24, 2.45) is 0 Å². The number of nitrogens with zero attached hydrogens (tertiary/aromatic N) is 2. The third-order valence-electron chi connectivity index (χ3n) is 6.09. The van der Waals surface area contributed by atoms with Crippen LogP contribution in [-0.2, 0) is 22.2 Å². The lowest BCUT2D eigenvalue weighted by Gasteiger charge is -2.46. The summed E-state index contributed by atoms with van der Waals surface area (Å²) >= 11 is 0. The van der Waals surface area contributed by atoms with Gasteiger partial charge in [-0.3, -0.25) is 14.5 Å². The second kappa shape index (κ2) is 9.84. The van der Waals surface area contributed by atoms with E-state index in [1.54, 1.807) is 0 Å². The fourth-order valence-electron chi connectivity index (χ4n) is 4.42. The number of nitrogens with one attached hydrogen (secondary N) is 2. The highest BCUT2D eigenvalue weighted by atomic mass is 19.4. The monoisotopic (exact) mass is 474 g/mol. The zero-order chi connectivity index (χ0) is 24.3. The molecule has 4 amide bonds. The maximum atomic E-state index is 13.3. The molecule has 34 heavy (non-hydrogen) atoms.